The number of rotatable bonds is 5. The van der Waals surface area contributed by atoms with Gasteiger partial charge in [-0.05, 0) is 31.6 Å². The van der Waals surface area contributed by atoms with Crippen LogP contribution in [0.2, 0.25) is 0 Å². The summed E-state index contributed by atoms with van der Waals surface area (Å²) in [5.41, 5.74) is 0. The van der Waals surface area contributed by atoms with E-state index in [1.165, 1.54) is 25.7 Å². The molecule has 0 heterocycles. The molecule has 0 saturated heterocycles. The van der Waals surface area contributed by atoms with Crippen molar-refractivity contribution in [1.29, 1.82) is 0 Å². The van der Waals surface area contributed by atoms with Gasteiger partial charge in [0.05, 0.1) is 5.92 Å². The molecule has 81 valence electrons. The third-order valence-corrected chi connectivity index (χ3v) is 3.40. The molecular formula is C12H21O2. The maximum Gasteiger partial charge on any atom is 0.358 e. The molecule has 1 aliphatic carbocycles. The minimum Gasteiger partial charge on any atom is -0.247 e. The Hall–Kier alpha value is -0.530. The van der Waals surface area contributed by atoms with Crippen molar-refractivity contribution in [3.63, 3.8) is 0 Å². The Morgan fingerprint density at radius 3 is 2.29 bits per heavy atom. The lowest BCUT2D eigenvalue weighted by molar-refractivity contribution is -0.149. The van der Waals surface area contributed by atoms with Crippen molar-refractivity contribution in [3.05, 3.63) is 0 Å². The van der Waals surface area contributed by atoms with Crippen LogP contribution in [0, 0.1) is 11.8 Å². The summed E-state index contributed by atoms with van der Waals surface area (Å²) in [4.78, 5) is 10.6. The van der Waals surface area contributed by atoms with E-state index in [2.05, 4.69) is 6.92 Å². The molecule has 0 aromatic rings. The Morgan fingerprint density at radius 1 is 1.14 bits per heavy atom. The number of hydrogen-bond donors (Lipinski definition) is 0. The summed E-state index contributed by atoms with van der Waals surface area (Å²) in [6.07, 6.45) is 9.10. The number of carbonyl (C=O) groups is 1. The fourth-order valence-corrected chi connectivity index (χ4v) is 2.37. The van der Waals surface area contributed by atoms with E-state index in [4.69, 9.17) is 0 Å². The Kier molecular flexibility index (Phi) is 4.99. The first kappa shape index (κ1) is 11.5. The minimum atomic E-state index is -0.836. The summed E-state index contributed by atoms with van der Waals surface area (Å²) >= 11 is 0. The molecule has 0 N–H and O–H groups in total. The molecule has 0 bridgehead atoms. The monoisotopic (exact) mass is 197 g/mol. The first-order valence-corrected chi connectivity index (χ1v) is 5.95. The fourth-order valence-electron chi connectivity index (χ4n) is 2.37. The molecule has 0 spiro atoms. The molecule has 0 aromatic carbocycles. The Morgan fingerprint density at radius 2 is 1.79 bits per heavy atom. The largest absolute Gasteiger partial charge is 0.358 e. The van der Waals surface area contributed by atoms with Crippen molar-refractivity contribution in [3.8, 4) is 0 Å². The second-order valence-electron chi connectivity index (χ2n) is 4.53. The van der Waals surface area contributed by atoms with Gasteiger partial charge in [-0.15, -0.1) is 0 Å². The minimum absolute atomic E-state index is 0.155. The van der Waals surface area contributed by atoms with Crippen LogP contribution >= 0.6 is 0 Å². The smallest absolute Gasteiger partial charge is 0.247 e. The maximum absolute atomic E-state index is 10.6. The van der Waals surface area contributed by atoms with Crippen LogP contribution in [-0.4, -0.2) is 5.97 Å². The van der Waals surface area contributed by atoms with Gasteiger partial charge in [-0.25, -0.2) is 9.90 Å². The van der Waals surface area contributed by atoms with Crippen molar-refractivity contribution < 1.29 is 9.90 Å². The predicted octanol–water partition coefficient (Wildman–Crippen LogP) is 3.33. The molecule has 2 heteroatoms. The van der Waals surface area contributed by atoms with Gasteiger partial charge in [-0.2, -0.15) is 0 Å². The molecule has 1 aliphatic rings. The van der Waals surface area contributed by atoms with Crippen molar-refractivity contribution >= 4 is 5.97 Å². The Labute approximate surface area is 86.7 Å². The third-order valence-electron chi connectivity index (χ3n) is 3.40. The SMILES string of the molecule is CCCCC[C@H]1CC[C@H](C([O])=O)CC1. The molecule has 0 unspecified atom stereocenters. The number of hydrogen-bond acceptors (Lipinski definition) is 1. The molecule has 14 heavy (non-hydrogen) atoms. The van der Waals surface area contributed by atoms with Crippen LogP contribution in [0.15, 0.2) is 0 Å². The maximum atomic E-state index is 10.6. The first-order valence-electron chi connectivity index (χ1n) is 5.95. The quantitative estimate of drug-likeness (QED) is 0.623. The summed E-state index contributed by atoms with van der Waals surface area (Å²) in [6.45, 7) is 2.22. The van der Waals surface area contributed by atoms with Gasteiger partial charge in [0.1, 0.15) is 0 Å². The number of unbranched alkanes of at least 4 members (excludes halogenated alkanes) is 2. The highest BCUT2D eigenvalue weighted by Gasteiger charge is 2.26. The van der Waals surface area contributed by atoms with Crippen LogP contribution in [-0.2, 0) is 9.90 Å². The highest BCUT2D eigenvalue weighted by Crippen LogP contribution is 2.32. The molecule has 0 aliphatic heterocycles. The summed E-state index contributed by atoms with van der Waals surface area (Å²) in [5, 5.41) is 10.6. The average Bonchev–Trinajstić information content (AvgIpc) is 2.19. The van der Waals surface area contributed by atoms with Crippen LogP contribution in [0.4, 0.5) is 0 Å². The van der Waals surface area contributed by atoms with E-state index in [-0.39, 0.29) is 5.92 Å². The summed E-state index contributed by atoms with van der Waals surface area (Å²) in [7, 11) is 0. The molecule has 1 rings (SSSR count). The number of carbonyl (C=O) groups excluding carboxylic acids is 1. The zero-order valence-electron chi connectivity index (χ0n) is 9.13. The normalized spacial score (nSPS) is 27.5. The molecule has 1 saturated carbocycles. The van der Waals surface area contributed by atoms with Crippen molar-refractivity contribution in [2.24, 2.45) is 11.8 Å². The van der Waals surface area contributed by atoms with E-state index in [9.17, 15) is 9.90 Å². The lowest BCUT2D eigenvalue weighted by atomic mass is 9.80. The van der Waals surface area contributed by atoms with Crippen molar-refractivity contribution in [1.82, 2.24) is 0 Å². The molecule has 0 aromatic heterocycles. The van der Waals surface area contributed by atoms with Crippen LogP contribution < -0.4 is 0 Å². The van der Waals surface area contributed by atoms with Crippen LogP contribution in [0.3, 0.4) is 0 Å². The zero-order valence-corrected chi connectivity index (χ0v) is 9.13. The highest BCUT2D eigenvalue weighted by atomic mass is 16.4. The summed E-state index contributed by atoms with van der Waals surface area (Å²) < 4.78 is 0. The van der Waals surface area contributed by atoms with Crippen molar-refractivity contribution in [2.45, 2.75) is 58.3 Å². The van der Waals surface area contributed by atoms with Gasteiger partial charge in [0.25, 0.3) is 0 Å². The van der Waals surface area contributed by atoms with Gasteiger partial charge in [-0.1, -0.05) is 32.6 Å². The molecule has 0 atom stereocenters. The Balaban J connectivity index is 2.12. The molecule has 1 fully saturated rings. The van der Waals surface area contributed by atoms with E-state index in [0.717, 1.165) is 31.6 Å². The van der Waals surface area contributed by atoms with E-state index >= 15 is 0 Å². The second-order valence-corrected chi connectivity index (χ2v) is 4.53. The molecule has 0 amide bonds. The third kappa shape index (κ3) is 3.69. The van der Waals surface area contributed by atoms with Gasteiger partial charge < -0.3 is 0 Å². The standard InChI is InChI=1S/C12H21O2/c1-2-3-4-5-10-6-8-11(9-7-10)12(13)14/h10-11H,2-9H2,1H3/t10-,11-. The highest BCUT2D eigenvalue weighted by molar-refractivity contribution is 5.69. The van der Waals surface area contributed by atoms with Gasteiger partial charge in [0.15, 0.2) is 0 Å². The van der Waals surface area contributed by atoms with Gasteiger partial charge in [0.2, 0.25) is 0 Å². The van der Waals surface area contributed by atoms with Gasteiger partial charge in [-0.3, -0.25) is 0 Å². The Bertz CT molecular complexity index is 169. The van der Waals surface area contributed by atoms with E-state index in [1.807, 2.05) is 0 Å². The molecule has 2 nitrogen and oxygen atoms in total. The predicted molar refractivity (Wildman–Crippen MR) is 55.3 cm³/mol. The lowest BCUT2D eigenvalue weighted by Crippen LogP contribution is -2.20. The summed E-state index contributed by atoms with van der Waals surface area (Å²) in [5.74, 6) is -0.202. The topological polar surface area (TPSA) is 37.0 Å². The first-order chi connectivity index (χ1) is 6.74. The zero-order chi connectivity index (χ0) is 10.4. The fraction of sp³-hybridized carbons (Fsp3) is 0.917. The molecule has 1 radical (unpaired) electrons. The van der Waals surface area contributed by atoms with Crippen LogP contribution in [0.25, 0.3) is 0 Å². The van der Waals surface area contributed by atoms with E-state index < -0.39 is 5.97 Å². The second kappa shape index (κ2) is 6.05. The summed E-state index contributed by atoms with van der Waals surface area (Å²) in [6, 6.07) is 0. The van der Waals surface area contributed by atoms with Crippen LogP contribution in [0.5, 0.6) is 0 Å². The van der Waals surface area contributed by atoms with Gasteiger partial charge in [0, 0.05) is 0 Å². The van der Waals surface area contributed by atoms with E-state index in [1.54, 1.807) is 0 Å². The van der Waals surface area contributed by atoms with Crippen molar-refractivity contribution in [2.75, 3.05) is 0 Å². The lowest BCUT2D eigenvalue weighted by Gasteiger charge is -2.25. The van der Waals surface area contributed by atoms with E-state index in [0.29, 0.717) is 0 Å². The van der Waals surface area contributed by atoms with Crippen LogP contribution in [0.1, 0.15) is 58.3 Å². The molecular weight excluding hydrogens is 176 g/mol. The average molecular weight is 197 g/mol. The van der Waals surface area contributed by atoms with Gasteiger partial charge >= 0.3 is 5.97 Å².